The second-order valence-electron chi connectivity index (χ2n) is 3.98. The van der Waals surface area contributed by atoms with E-state index in [0.717, 1.165) is 11.8 Å². The Morgan fingerprint density at radius 2 is 2.00 bits per heavy atom. The Morgan fingerprint density at radius 1 is 1.30 bits per heavy atom. The van der Waals surface area contributed by atoms with Crippen molar-refractivity contribution in [3.05, 3.63) is 11.1 Å². The van der Waals surface area contributed by atoms with Crippen LogP contribution in [-0.2, 0) is 0 Å². The fourth-order valence-electron chi connectivity index (χ4n) is 2.23. The molecule has 0 aromatic heterocycles. The van der Waals surface area contributed by atoms with Crippen molar-refractivity contribution in [2.75, 3.05) is 0 Å². The van der Waals surface area contributed by atoms with Gasteiger partial charge in [-0.3, -0.25) is 0 Å². The first kappa shape index (κ1) is 6.45. The average Bonchev–Trinajstić information content (AvgIpc) is 2.42. The molecule has 0 heteroatoms. The summed E-state index contributed by atoms with van der Waals surface area (Å²) in [5.74, 6) is 2.03. The zero-order chi connectivity index (χ0) is 7.14. The van der Waals surface area contributed by atoms with Crippen LogP contribution < -0.4 is 0 Å². The Hall–Kier alpha value is -0.260. The molecule has 0 aromatic carbocycles. The van der Waals surface area contributed by atoms with Crippen molar-refractivity contribution in [1.29, 1.82) is 0 Å². The van der Waals surface area contributed by atoms with Crippen molar-refractivity contribution in [2.45, 2.75) is 39.5 Å². The van der Waals surface area contributed by atoms with Gasteiger partial charge in [-0.1, -0.05) is 18.1 Å². The van der Waals surface area contributed by atoms with Crippen LogP contribution in [0.1, 0.15) is 39.5 Å². The van der Waals surface area contributed by atoms with E-state index >= 15 is 0 Å². The number of hydrogen-bond donors (Lipinski definition) is 0. The lowest BCUT2D eigenvalue weighted by Gasteiger charge is -1.99. The second kappa shape index (κ2) is 2.11. The maximum Gasteiger partial charge on any atom is -0.0172 e. The minimum atomic E-state index is 1.02. The van der Waals surface area contributed by atoms with Gasteiger partial charge in [0.05, 0.1) is 0 Å². The highest BCUT2D eigenvalue weighted by Gasteiger charge is 2.37. The summed E-state index contributed by atoms with van der Waals surface area (Å²) in [7, 11) is 0. The van der Waals surface area contributed by atoms with Crippen LogP contribution in [0, 0.1) is 11.8 Å². The van der Waals surface area contributed by atoms with Crippen molar-refractivity contribution >= 4 is 0 Å². The molecule has 0 saturated heterocycles. The van der Waals surface area contributed by atoms with Crippen molar-refractivity contribution in [1.82, 2.24) is 0 Å². The van der Waals surface area contributed by atoms with E-state index in [9.17, 15) is 0 Å². The molecule has 2 rings (SSSR count). The molecular weight excluding hydrogens is 120 g/mol. The van der Waals surface area contributed by atoms with Crippen molar-refractivity contribution in [3.63, 3.8) is 0 Å². The van der Waals surface area contributed by atoms with Crippen LogP contribution >= 0.6 is 0 Å². The van der Waals surface area contributed by atoms with E-state index in [4.69, 9.17) is 0 Å². The first-order chi connectivity index (χ1) is 4.79. The summed E-state index contributed by atoms with van der Waals surface area (Å²) in [6.07, 6.45) is 5.72. The van der Waals surface area contributed by atoms with Crippen LogP contribution in [0.25, 0.3) is 0 Å². The molecule has 1 fully saturated rings. The summed E-state index contributed by atoms with van der Waals surface area (Å²) in [5.41, 5.74) is 3.54. The summed E-state index contributed by atoms with van der Waals surface area (Å²) >= 11 is 0. The Bertz CT molecular complexity index is 176. The van der Waals surface area contributed by atoms with E-state index in [1.807, 2.05) is 5.57 Å². The van der Waals surface area contributed by atoms with Gasteiger partial charge in [-0.25, -0.2) is 0 Å². The zero-order valence-corrected chi connectivity index (χ0v) is 6.98. The number of hydrogen-bond acceptors (Lipinski definition) is 0. The minimum Gasteiger partial charge on any atom is -0.0738 e. The highest BCUT2D eigenvalue weighted by atomic mass is 14.4. The molecule has 0 N–H and O–H groups in total. The molecule has 2 atom stereocenters. The second-order valence-corrected chi connectivity index (χ2v) is 3.98. The number of allylic oxidation sites excluding steroid dienone is 2. The Balaban J connectivity index is 2.10. The molecule has 10 heavy (non-hydrogen) atoms. The van der Waals surface area contributed by atoms with E-state index in [1.165, 1.54) is 25.7 Å². The predicted octanol–water partition coefficient (Wildman–Crippen LogP) is 3.14. The van der Waals surface area contributed by atoms with Gasteiger partial charge in [0.15, 0.2) is 0 Å². The van der Waals surface area contributed by atoms with Crippen molar-refractivity contribution < 1.29 is 0 Å². The molecule has 1 saturated carbocycles. The van der Waals surface area contributed by atoms with E-state index in [2.05, 4.69) is 13.8 Å². The molecule has 2 aliphatic rings. The summed E-state index contributed by atoms with van der Waals surface area (Å²) in [5, 5.41) is 0. The Morgan fingerprint density at radius 3 is 2.40 bits per heavy atom. The molecule has 2 unspecified atom stereocenters. The monoisotopic (exact) mass is 136 g/mol. The third kappa shape index (κ3) is 0.902. The topological polar surface area (TPSA) is 0 Å². The van der Waals surface area contributed by atoms with E-state index in [1.54, 1.807) is 5.57 Å². The van der Waals surface area contributed by atoms with Crippen LogP contribution in [0.5, 0.6) is 0 Å². The highest BCUT2D eigenvalue weighted by molar-refractivity contribution is 5.24. The van der Waals surface area contributed by atoms with Gasteiger partial charge in [-0.05, 0) is 44.4 Å². The summed E-state index contributed by atoms with van der Waals surface area (Å²) < 4.78 is 0. The fraction of sp³-hybridized carbons (Fsp3) is 0.800. The maximum absolute atomic E-state index is 2.38. The van der Waals surface area contributed by atoms with Crippen LogP contribution in [-0.4, -0.2) is 0 Å². The van der Waals surface area contributed by atoms with Gasteiger partial charge in [-0.2, -0.15) is 0 Å². The molecule has 56 valence electrons. The lowest BCUT2D eigenvalue weighted by Crippen LogP contribution is -1.84. The highest BCUT2D eigenvalue weighted by Crippen LogP contribution is 2.48. The van der Waals surface area contributed by atoms with Gasteiger partial charge in [0.2, 0.25) is 0 Å². The van der Waals surface area contributed by atoms with Crippen LogP contribution in [0.4, 0.5) is 0 Å². The maximum atomic E-state index is 2.38. The Labute approximate surface area is 63.3 Å². The van der Waals surface area contributed by atoms with E-state index < -0.39 is 0 Å². The molecule has 0 radical (unpaired) electrons. The largest absolute Gasteiger partial charge is 0.0738 e. The van der Waals surface area contributed by atoms with Gasteiger partial charge < -0.3 is 0 Å². The zero-order valence-electron chi connectivity index (χ0n) is 6.98. The summed E-state index contributed by atoms with van der Waals surface area (Å²) in [4.78, 5) is 0. The van der Waals surface area contributed by atoms with Crippen LogP contribution in [0.3, 0.4) is 0 Å². The van der Waals surface area contributed by atoms with Crippen molar-refractivity contribution in [2.24, 2.45) is 11.8 Å². The minimum absolute atomic E-state index is 1.02. The predicted molar refractivity (Wildman–Crippen MR) is 43.8 cm³/mol. The molecule has 0 amide bonds. The van der Waals surface area contributed by atoms with Gasteiger partial charge in [0, 0.05) is 0 Å². The first-order valence-electron chi connectivity index (χ1n) is 4.47. The molecule has 0 spiro atoms. The molecule has 0 aliphatic heterocycles. The third-order valence-corrected chi connectivity index (χ3v) is 3.10. The first-order valence-corrected chi connectivity index (χ1v) is 4.47. The quantitative estimate of drug-likeness (QED) is 0.486. The van der Waals surface area contributed by atoms with Gasteiger partial charge >= 0.3 is 0 Å². The van der Waals surface area contributed by atoms with Gasteiger partial charge in [-0.15, -0.1) is 0 Å². The smallest absolute Gasteiger partial charge is 0.0172 e. The van der Waals surface area contributed by atoms with Crippen molar-refractivity contribution in [3.8, 4) is 0 Å². The Kier molecular flexibility index (Phi) is 1.36. The van der Waals surface area contributed by atoms with Gasteiger partial charge in [0.1, 0.15) is 0 Å². The molecule has 0 heterocycles. The lowest BCUT2D eigenvalue weighted by molar-refractivity contribution is 0.799. The molecule has 0 aromatic rings. The SMILES string of the molecule is CC1=C(C2CC2C)CCC1. The average molecular weight is 136 g/mol. The van der Waals surface area contributed by atoms with Gasteiger partial charge in [0.25, 0.3) is 0 Å². The normalized spacial score (nSPS) is 39.0. The molecule has 0 bridgehead atoms. The fourth-order valence-corrected chi connectivity index (χ4v) is 2.23. The third-order valence-electron chi connectivity index (χ3n) is 3.10. The number of rotatable bonds is 1. The van der Waals surface area contributed by atoms with E-state index in [-0.39, 0.29) is 0 Å². The summed E-state index contributed by atoms with van der Waals surface area (Å²) in [6.45, 7) is 4.70. The molecule has 0 nitrogen and oxygen atoms in total. The molecule has 2 aliphatic carbocycles. The lowest BCUT2D eigenvalue weighted by atomic mass is 10.1. The standard InChI is InChI=1S/C10H16/c1-7-4-3-5-9(7)10-6-8(10)2/h8,10H,3-6H2,1-2H3. The summed E-state index contributed by atoms with van der Waals surface area (Å²) in [6, 6.07) is 0. The molecular formula is C10H16. The van der Waals surface area contributed by atoms with Crippen LogP contribution in [0.2, 0.25) is 0 Å². The van der Waals surface area contributed by atoms with E-state index in [0.29, 0.717) is 0 Å². The van der Waals surface area contributed by atoms with Crippen LogP contribution in [0.15, 0.2) is 11.1 Å².